The minimum Gasteiger partial charge on any atom is -0.452 e. The molecular weight excluding hydrogens is 375 g/mol. The lowest BCUT2D eigenvalue weighted by molar-refractivity contribution is -0.124. The third kappa shape index (κ3) is 5.87. The molecule has 0 fully saturated rings. The van der Waals surface area contributed by atoms with Gasteiger partial charge in [-0.1, -0.05) is 37.3 Å². The first-order valence-corrected chi connectivity index (χ1v) is 9.54. The van der Waals surface area contributed by atoms with Gasteiger partial charge in [-0.2, -0.15) is 0 Å². The van der Waals surface area contributed by atoms with E-state index in [1.165, 1.54) is 0 Å². The molecule has 0 unspecified atom stereocenters. The molecule has 144 valence electrons. The van der Waals surface area contributed by atoms with E-state index in [1.807, 2.05) is 37.3 Å². The van der Waals surface area contributed by atoms with Crippen LogP contribution in [0.5, 0.6) is 0 Å². The van der Waals surface area contributed by atoms with Gasteiger partial charge in [-0.3, -0.25) is 4.79 Å². The first kappa shape index (κ1) is 20.5. The van der Waals surface area contributed by atoms with E-state index < -0.39 is 44.8 Å². The van der Waals surface area contributed by atoms with Crippen molar-refractivity contribution in [3.05, 3.63) is 65.5 Å². The van der Waals surface area contributed by atoms with E-state index in [4.69, 9.17) is 9.88 Å². The van der Waals surface area contributed by atoms with Crippen molar-refractivity contribution < 1.29 is 27.1 Å². The molecule has 1 atom stereocenters. The first-order chi connectivity index (χ1) is 12.7. The van der Waals surface area contributed by atoms with Gasteiger partial charge in [0, 0.05) is 6.54 Å². The Morgan fingerprint density at radius 1 is 1.19 bits per heavy atom. The van der Waals surface area contributed by atoms with Gasteiger partial charge in [-0.25, -0.2) is 22.7 Å². The van der Waals surface area contributed by atoms with Gasteiger partial charge in [-0.15, -0.1) is 0 Å². The largest absolute Gasteiger partial charge is 0.452 e. The average Bonchev–Trinajstić information content (AvgIpc) is 2.64. The van der Waals surface area contributed by atoms with Gasteiger partial charge in [-0.05, 0) is 29.7 Å². The Morgan fingerprint density at radius 3 is 2.48 bits per heavy atom. The summed E-state index contributed by atoms with van der Waals surface area (Å²) in [6.45, 7) is 1.63. The van der Waals surface area contributed by atoms with E-state index in [0.29, 0.717) is 6.54 Å². The molecular formula is C18H19FN2O5S. The molecule has 0 saturated carbocycles. The molecule has 1 amide bonds. The van der Waals surface area contributed by atoms with Crippen molar-refractivity contribution in [3.63, 3.8) is 0 Å². The maximum atomic E-state index is 13.7. The van der Waals surface area contributed by atoms with E-state index in [2.05, 4.69) is 5.32 Å². The van der Waals surface area contributed by atoms with E-state index in [-0.39, 0.29) is 5.92 Å². The number of hydrogen-bond donors (Lipinski definition) is 2. The molecule has 0 aromatic heterocycles. The van der Waals surface area contributed by atoms with Crippen LogP contribution in [0.1, 0.15) is 28.8 Å². The van der Waals surface area contributed by atoms with Crippen molar-refractivity contribution in [2.45, 2.75) is 17.7 Å². The summed E-state index contributed by atoms with van der Waals surface area (Å²) < 4.78 is 41.1. The molecule has 7 nitrogen and oxygen atoms in total. The van der Waals surface area contributed by atoms with E-state index in [0.717, 1.165) is 23.8 Å². The lowest BCUT2D eigenvalue weighted by atomic mass is 10.0. The molecule has 27 heavy (non-hydrogen) atoms. The lowest BCUT2D eigenvalue weighted by Crippen LogP contribution is -2.31. The maximum absolute atomic E-state index is 13.7. The summed E-state index contributed by atoms with van der Waals surface area (Å²) in [5.41, 5.74) is 0.420. The Bertz CT molecular complexity index is 932. The predicted molar refractivity (Wildman–Crippen MR) is 95.9 cm³/mol. The fraction of sp³-hybridized carbons (Fsp3) is 0.222. The van der Waals surface area contributed by atoms with Crippen molar-refractivity contribution >= 4 is 21.9 Å². The zero-order valence-electron chi connectivity index (χ0n) is 14.5. The fourth-order valence-corrected chi connectivity index (χ4v) is 2.80. The number of halogens is 1. The Balaban J connectivity index is 1.91. The smallest absolute Gasteiger partial charge is 0.341 e. The number of nitrogens with two attached hydrogens (primary N) is 1. The Hall–Kier alpha value is -2.78. The zero-order valence-corrected chi connectivity index (χ0v) is 15.3. The fourth-order valence-electron chi connectivity index (χ4n) is 2.26. The van der Waals surface area contributed by atoms with Crippen LogP contribution in [0.3, 0.4) is 0 Å². The predicted octanol–water partition coefficient (Wildman–Crippen LogP) is 1.55. The first-order valence-electron chi connectivity index (χ1n) is 7.99. The Morgan fingerprint density at radius 2 is 1.85 bits per heavy atom. The van der Waals surface area contributed by atoms with E-state index >= 15 is 0 Å². The molecule has 2 aromatic rings. The highest BCUT2D eigenvalue weighted by Gasteiger charge is 2.19. The van der Waals surface area contributed by atoms with Crippen LogP contribution in [0.15, 0.2) is 53.4 Å². The Kier molecular flexibility index (Phi) is 6.65. The summed E-state index contributed by atoms with van der Waals surface area (Å²) in [6, 6.07) is 12.0. The summed E-state index contributed by atoms with van der Waals surface area (Å²) >= 11 is 0. The normalized spacial score (nSPS) is 12.3. The topological polar surface area (TPSA) is 116 Å². The highest BCUT2D eigenvalue weighted by Crippen LogP contribution is 2.15. The van der Waals surface area contributed by atoms with Crippen LogP contribution < -0.4 is 10.5 Å². The van der Waals surface area contributed by atoms with Crippen molar-refractivity contribution in [2.24, 2.45) is 5.14 Å². The molecule has 0 spiro atoms. The third-order valence-corrected chi connectivity index (χ3v) is 4.71. The average molecular weight is 394 g/mol. The number of nitrogens with one attached hydrogen (secondary N) is 1. The van der Waals surface area contributed by atoms with Crippen LogP contribution in [-0.4, -0.2) is 33.4 Å². The van der Waals surface area contributed by atoms with Gasteiger partial charge in [0.25, 0.3) is 5.91 Å². The molecule has 0 saturated heterocycles. The number of carbonyl (C=O) groups excluding carboxylic acids is 2. The number of esters is 1. The molecule has 2 aromatic carbocycles. The van der Waals surface area contributed by atoms with Crippen molar-refractivity contribution in [3.8, 4) is 0 Å². The summed E-state index contributed by atoms with van der Waals surface area (Å²) in [4.78, 5) is 23.3. The summed E-state index contributed by atoms with van der Waals surface area (Å²) in [7, 11) is -4.11. The van der Waals surface area contributed by atoms with Crippen LogP contribution in [-0.2, 0) is 19.6 Å². The standard InChI is InChI=1S/C18H19FN2O5S/c1-12(13-5-3-2-4-6-13)10-21-17(22)11-26-18(23)15-9-14(27(20,24)25)7-8-16(15)19/h2-9,12H,10-11H2,1H3,(H,21,22)(H2,20,24,25)/t12-/m0/s1. The zero-order chi connectivity index (χ0) is 20.0. The van der Waals surface area contributed by atoms with E-state index in [9.17, 15) is 22.4 Å². The molecule has 0 aliphatic carbocycles. The van der Waals surface area contributed by atoms with Gasteiger partial charge in [0.1, 0.15) is 5.82 Å². The number of benzene rings is 2. The molecule has 0 bridgehead atoms. The highest BCUT2D eigenvalue weighted by molar-refractivity contribution is 7.89. The SMILES string of the molecule is C[C@@H](CNC(=O)COC(=O)c1cc(S(N)(=O)=O)ccc1F)c1ccccc1. The second-order valence-electron chi connectivity index (χ2n) is 5.88. The van der Waals surface area contributed by atoms with Crippen molar-refractivity contribution in [1.29, 1.82) is 0 Å². The van der Waals surface area contributed by atoms with Gasteiger partial charge in [0.05, 0.1) is 10.5 Å². The van der Waals surface area contributed by atoms with Crippen LogP contribution in [0.2, 0.25) is 0 Å². The molecule has 0 radical (unpaired) electrons. The maximum Gasteiger partial charge on any atom is 0.341 e. The van der Waals surface area contributed by atoms with Gasteiger partial charge in [0.15, 0.2) is 6.61 Å². The number of amides is 1. The Labute approximate surface area is 156 Å². The second-order valence-corrected chi connectivity index (χ2v) is 7.44. The second kappa shape index (κ2) is 8.74. The quantitative estimate of drug-likeness (QED) is 0.692. The summed E-state index contributed by atoms with van der Waals surface area (Å²) in [5.74, 6) is -2.65. The number of rotatable bonds is 7. The third-order valence-electron chi connectivity index (χ3n) is 3.79. The number of primary sulfonamides is 1. The molecule has 0 aliphatic heterocycles. The lowest BCUT2D eigenvalue weighted by Gasteiger charge is -2.13. The van der Waals surface area contributed by atoms with Crippen molar-refractivity contribution in [1.82, 2.24) is 5.32 Å². The van der Waals surface area contributed by atoms with Crippen LogP contribution >= 0.6 is 0 Å². The van der Waals surface area contributed by atoms with Gasteiger partial charge in [0.2, 0.25) is 10.0 Å². The molecule has 2 rings (SSSR count). The summed E-state index contributed by atoms with van der Waals surface area (Å²) in [5, 5.41) is 7.56. The number of hydrogen-bond acceptors (Lipinski definition) is 5. The molecule has 0 aliphatic rings. The highest BCUT2D eigenvalue weighted by atomic mass is 32.2. The van der Waals surface area contributed by atoms with E-state index in [1.54, 1.807) is 0 Å². The van der Waals surface area contributed by atoms with Gasteiger partial charge < -0.3 is 10.1 Å². The molecule has 0 heterocycles. The van der Waals surface area contributed by atoms with Crippen LogP contribution in [0.4, 0.5) is 4.39 Å². The van der Waals surface area contributed by atoms with Gasteiger partial charge >= 0.3 is 5.97 Å². The minimum absolute atomic E-state index is 0.0507. The molecule has 3 N–H and O–H groups in total. The van der Waals surface area contributed by atoms with Crippen molar-refractivity contribution in [2.75, 3.05) is 13.2 Å². The van der Waals surface area contributed by atoms with Crippen LogP contribution in [0, 0.1) is 5.82 Å². The number of sulfonamides is 1. The monoisotopic (exact) mass is 394 g/mol. The minimum atomic E-state index is -4.11. The molecule has 9 heteroatoms. The number of ether oxygens (including phenoxy) is 1. The summed E-state index contributed by atoms with van der Waals surface area (Å²) in [6.07, 6.45) is 0. The van der Waals surface area contributed by atoms with Crippen LogP contribution in [0.25, 0.3) is 0 Å². The number of carbonyl (C=O) groups is 2.